The summed E-state index contributed by atoms with van der Waals surface area (Å²) in [6, 6.07) is 3.86. The summed E-state index contributed by atoms with van der Waals surface area (Å²) in [7, 11) is 0. The van der Waals surface area contributed by atoms with Crippen LogP contribution in [0.25, 0.3) is 5.65 Å². The molecule has 0 saturated carbocycles. The minimum Gasteiger partial charge on any atom is -0.448 e. The lowest BCUT2D eigenvalue weighted by atomic mass is 9.98. The van der Waals surface area contributed by atoms with E-state index in [9.17, 15) is 4.79 Å². The molecule has 1 aliphatic heterocycles. The summed E-state index contributed by atoms with van der Waals surface area (Å²) in [4.78, 5) is 23.6. The molecular weight excluding hydrogens is 306 g/mol. The highest BCUT2D eigenvalue weighted by Crippen LogP contribution is 2.31. The summed E-state index contributed by atoms with van der Waals surface area (Å²) >= 11 is 0. The number of carbonyl (C=O) groups excluding carboxylic acids is 1. The molecule has 1 saturated heterocycles. The van der Waals surface area contributed by atoms with Crippen LogP contribution in [0.5, 0.6) is 0 Å². The van der Waals surface area contributed by atoms with E-state index in [1.54, 1.807) is 11.4 Å². The number of hydrogen-bond acceptors (Lipinski definition) is 5. The number of likely N-dealkylation sites (tertiary alicyclic amines) is 1. The molecule has 0 N–H and O–H groups in total. The third-order valence-electron chi connectivity index (χ3n) is 4.52. The molecule has 1 atom stereocenters. The van der Waals surface area contributed by atoms with E-state index in [1.807, 2.05) is 30.2 Å². The summed E-state index contributed by atoms with van der Waals surface area (Å²) in [5.74, 6) is 0.469. The quantitative estimate of drug-likeness (QED) is 0.724. The molecule has 0 aliphatic carbocycles. The lowest BCUT2D eigenvalue weighted by Crippen LogP contribution is -2.39. The summed E-state index contributed by atoms with van der Waals surface area (Å²) in [6.07, 6.45) is 6.20. The predicted octanol–water partition coefficient (Wildman–Crippen LogP) is 2.70. The molecule has 4 rings (SSSR count). The Morgan fingerprint density at radius 1 is 1.33 bits per heavy atom. The fourth-order valence-electron chi connectivity index (χ4n) is 3.33. The van der Waals surface area contributed by atoms with Gasteiger partial charge in [-0.2, -0.15) is 5.10 Å². The van der Waals surface area contributed by atoms with Gasteiger partial charge in [-0.25, -0.2) is 14.5 Å². The monoisotopic (exact) mass is 325 g/mol. The zero-order valence-electron chi connectivity index (χ0n) is 13.8. The van der Waals surface area contributed by atoms with Crippen LogP contribution in [0.1, 0.15) is 52.9 Å². The minimum absolute atomic E-state index is 0.0393. The van der Waals surface area contributed by atoms with E-state index in [0.717, 1.165) is 36.3 Å². The third-order valence-corrected chi connectivity index (χ3v) is 4.52. The van der Waals surface area contributed by atoms with Gasteiger partial charge >= 0.3 is 0 Å². The van der Waals surface area contributed by atoms with E-state index in [0.29, 0.717) is 18.0 Å². The standard InChI is InChI=1S/C17H19N5O2/c1-11-9-15-19-13(6-8-22(15)20-11)14-5-3-4-7-21(14)17(23)16-12(2)24-10-18-16/h6,8-10,14H,3-5,7H2,1-2H3. The van der Waals surface area contributed by atoms with Gasteiger partial charge < -0.3 is 9.32 Å². The van der Waals surface area contributed by atoms with Gasteiger partial charge in [0.15, 0.2) is 17.7 Å². The molecule has 1 fully saturated rings. The first-order chi connectivity index (χ1) is 11.6. The molecule has 0 spiro atoms. The summed E-state index contributed by atoms with van der Waals surface area (Å²) in [5, 5.41) is 4.36. The van der Waals surface area contributed by atoms with Gasteiger partial charge in [-0.1, -0.05) is 0 Å². The van der Waals surface area contributed by atoms with Crippen LogP contribution in [0.4, 0.5) is 0 Å². The van der Waals surface area contributed by atoms with Gasteiger partial charge in [0.05, 0.1) is 17.4 Å². The van der Waals surface area contributed by atoms with Crippen molar-refractivity contribution in [2.75, 3.05) is 6.54 Å². The van der Waals surface area contributed by atoms with E-state index < -0.39 is 0 Å². The fraction of sp³-hybridized carbons (Fsp3) is 0.412. The Kier molecular flexibility index (Phi) is 3.55. The van der Waals surface area contributed by atoms with Gasteiger partial charge in [0.1, 0.15) is 5.76 Å². The first-order valence-electron chi connectivity index (χ1n) is 8.17. The van der Waals surface area contributed by atoms with Crippen LogP contribution < -0.4 is 0 Å². The number of aromatic nitrogens is 4. The van der Waals surface area contributed by atoms with E-state index >= 15 is 0 Å². The number of hydrogen-bond donors (Lipinski definition) is 0. The van der Waals surface area contributed by atoms with Crippen molar-refractivity contribution in [3.63, 3.8) is 0 Å². The largest absolute Gasteiger partial charge is 0.448 e. The van der Waals surface area contributed by atoms with Gasteiger partial charge in [-0.15, -0.1) is 0 Å². The number of nitrogens with zero attached hydrogens (tertiary/aromatic N) is 5. The predicted molar refractivity (Wildman–Crippen MR) is 86.6 cm³/mol. The number of oxazole rings is 1. The number of fused-ring (bicyclic) bond motifs is 1. The van der Waals surface area contributed by atoms with E-state index in [1.165, 1.54) is 6.39 Å². The number of amides is 1. The zero-order valence-corrected chi connectivity index (χ0v) is 13.8. The first kappa shape index (κ1) is 14.9. The molecule has 7 heteroatoms. The Morgan fingerprint density at radius 2 is 2.21 bits per heavy atom. The maximum absolute atomic E-state index is 12.9. The van der Waals surface area contributed by atoms with Gasteiger partial charge in [0, 0.05) is 18.8 Å². The molecule has 124 valence electrons. The van der Waals surface area contributed by atoms with Crippen LogP contribution in [-0.4, -0.2) is 36.9 Å². The minimum atomic E-state index is -0.0858. The van der Waals surface area contributed by atoms with Crippen LogP contribution in [0.2, 0.25) is 0 Å². The Bertz CT molecular complexity index is 897. The van der Waals surface area contributed by atoms with Crippen molar-refractivity contribution in [2.24, 2.45) is 0 Å². The highest BCUT2D eigenvalue weighted by Gasteiger charge is 2.31. The van der Waals surface area contributed by atoms with Crippen LogP contribution >= 0.6 is 0 Å². The Balaban J connectivity index is 1.70. The van der Waals surface area contributed by atoms with Gasteiger partial charge in [0.25, 0.3) is 5.91 Å². The van der Waals surface area contributed by atoms with Crippen molar-refractivity contribution in [2.45, 2.75) is 39.2 Å². The fourth-order valence-corrected chi connectivity index (χ4v) is 3.33. The summed E-state index contributed by atoms with van der Waals surface area (Å²) in [6.45, 7) is 4.41. The molecule has 1 amide bonds. The van der Waals surface area contributed by atoms with Crippen molar-refractivity contribution >= 4 is 11.6 Å². The molecule has 3 aromatic heterocycles. The van der Waals surface area contributed by atoms with Crippen LogP contribution in [-0.2, 0) is 0 Å². The average Bonchev–Trinajstić information content (AvgIpc) is 3.18. The Morgan fingerprint density at radius 3 is 3.00 bits per heavy atom. The molecule has 0 radical (unpaired) electrons. The number of piperidine rings is 1. The maximum atomic E-state index is 12.9. The van der Waals surface area contributed by atoms with Crippen molar-refractivity contribution in [1.82, 2.24) is 24.5 Å². The topological polar surface area (TPSA) is 76.5 Å². The molecule has 7 nitrogen and oxygen atoms in total. The second kappa shape index (κ2) is 5.74. The normalized spacial score (nSPS) is 18.2. The van der Waals surface area contributed by atoms with E-state index in [4.69, 9.17) is 9.40 Å². The number of aryl methyl sites for hydroxylation is 2. The molecule has 3 aromatic rings. The molecule has 0 aromatic carbocycles. The Labute approximate surface area is 139 Å². The number of carbonyl (C=O) groups is 1. The lowest BCUT2D eigenvalue weighted by molar-refractivity contribution is 0.0599. The molecule has 24 heavy (non-hydrogen) atoms. The molecule has 0 bridgehead atoms. The second-order valence-electron chi connectivity index (χ2n) is 6.21. The summed E-state index contributed by atoms with van der Waals surface area (Å²) in [5.41, 5.74) is 3.02. The lowest BCUT2D eigenvalue weighted by Gasteiger charge is -2.35. The van der Waals surface area contributed by atoms with E-state index in [-0.39, 0.29) is 11.9 Å². The van der Waals surface area contributed by atoms with E-state index in [2.05, 4.69) is 10.1 Å². The first-order valence-corrected chi connectivity index (χ1v) is 8.17. The molecule has 4 heterocycles. The van der Waals surface area contributed by atoms with Gasteiger partial charge in [0.2, 0.25) is 0 Å². The molecule has 1 aliphatic rings. The SMILES string of the molecule is Cc1cc2nc(C3CCCCN3C(=O)c3ncoc3C)ccn2n1. The third kappa shape index (κ3) is 2.46. The highest BCUT2D eigenvalue weighted by molar-refractivity contribution is 5.93. The highest BCUT2D eigenvalue weighted by atomic mass is 16.3. The Hall–Kier alpha value is -2.70. The number of rotatable bonds is 2. The molecule has 1 unspecified atom stereocenters. The summed E-state index contributed by atoms with van der Waals surface area (Å²) < 4.78 is 6.95. The second-order valence-corrected chi connectivity index (χ2v) is 6.21. The maximum Gasteiger partial charge on any atom is 0.276 e. The smallest absolute Gasteiger partial charge is 0.276 e. The van der Waals surface area contributed by atoms with Crippen LogP contribution in [0.3, 0.4) is 0 Å². The zero-order chi connectivity index (χ0) is 16.7. The van der Waals surface area contributed by atoms with Gasteiger partial charge in [-0.3, -0.25) is 4.79 Å². The van der Waals surface area contributed by atoms with Crippen molar-refractivity contribution in [3.8, 4) is 0 Å². The van der Waals surface area contributed by atoms with Crippen molar-refractivity contribution in [1.29, 1.82) is 0 Å². The van der Waals surface area contributed by atoms with Crippen LogP contribution in [0.15, 0.2) is 29.1 Å². The van der Waals surface area contributed by atoms with Crippen molar-refractivity contribution in [3.05, 3.63) is 47.6 Å². The average molecular weight is 325 g/mol. The van der Waals surface area contributed by atoms with Crippen LogP contribution in [0, 0.1) is 13.8 Å². The van der Waals surface area contributed by atoms with Gasteiger partial charge in [-0.05, 0) is 39.2 Å². The van der Waals surface area contributed by atoms with Crippen molar-refractivity contribution < 1.29 is 9.21 Å². The molecular formula is C17H19N5O2.